The number of hydrogen-bond acceptors (Lipinski definition) is 3. The summed E-state index contributed by atoms with van der Waals surface area (Å²) >= 11 is 11.7. The Morgan fingerprint density at radius 3 is 2.50 bits per heavy atom. The number of hydrogen-bond donors (Lipinski definition) is 1. The number of aromatic amines is 1. The summed E-state index contributed by atoms with van der Waals surface area (Å²) in [7, 11) is 0. The van der Waals surface area contributed by atoms with Gasteiger partial charge < -0.3 is 9.72 Å². The van der Waals surface area contributed by atoms with Crippen LogP contribution < -0.4 is 16.0 Å². The van der Waals surface area contributed by atoms with E-state index < -0.39 is 17.1 Å². The Bertz CT molecular complexity index is 843. The van der Waals surface area contributed by atoms with Crippen molar-refractivity contribution >= 4 is 23.2 Å². The molecule has 0 aliphatic rings. The molecule has 22 heavy (non-hydrogen) atoms. The number of aromatic nitrogens is 2. The first-order chi connectivity index (χ1) is 10.2. The standard InChI is InChI=1S/C14H13Cl2FN2O3/c1-6(2)22-11-5-10(9(17)4-8(11)15)19-13(20)12(16)7(3)18-14(19)21/h4-6H,1-3H3,(H,18,21). The molecular weight excluding hydrogens is 334 g/mol. The van der Waals surface area contributed by atoms with Crippen LogP contribution in [-0.2, 0) is 0 Å². The van der Waals surface area contributed by atoms with E-state index in [1.807, 2.05) is 0 Å². The maximum atomic E-state index is 14.2. The van der Waals surface area contributed by atoms with E-state index in [2.05, 4.69) is 4.98 Å². The van der Waals surface area contributed by atoms with Crippen LogP contribution in [0.15, 0.2) is 21.7 Å². The fourth-order valence-electron chi connectivity index (χ4n) is 1.87. The van der Waals surface area contributed by atoms with Crippen molar-refractivity contribution < 1.29 is 9.13 Å². The molecule has 0 fully saturated rings. The quantitative estimate of drug-likeness (QED) is 0.928. The SMILES string of the molecule is Cc1[nH]c(=O)n(-c2cc(OC(C)C)c(Cl)cc2F)c(=O)c1Cl. The fraction of sp³-hybridized carbons (Fsp3) is 0.286. The summed E-state index contributed by atoms with van der Waals surface area (Å²) in [5, 5.41) is -0.155. The minimum absolute atomic E-state index is 0.0395. The summed E-state index contributed by atoms with van der Waals surface area (Å²) in [5.74, 6) is -0.676. The van der Waals surface area contributed by atoms with Crippen LogP contribution in [-0.4, -0.2) is 15.7 Å². The van der Waals surface area contributed by atoms with Gasteiger partial charge in [-0.05, 0) is 26.8 Å². The zero-order chi connectivity index (χ0) is 16.6. The topological polar surface area (TPSA) is 64.1 Å². The molecule has 8 heteroatoms. The maximum absolute atomic E-state index is 14.2. The molecule has 2 aromatic rings. The number of ether oxygens (including phenoxy) is 1. The smallest absolute Gasteiger partial charge is 0.333 e. The maximum Gasteiger partial charge on any atom is 0.333 e. The van der Waals surface area contributed by atoms with Gasteiger partial charge in [-0.15, -0.1) is 0 Å². The minimum Gasteiger partial charge on any atom is -0.489 e. The third-order valence-corrected chi connectivity index (χ3v) is 3.56. The van der Waals surface area contributed by atoms with Crippen LogP contribution in [0.1, 0.15) is 19.5 Å². The number of H-pyrrole nitrogens is 1. The first-order valence-corrected chi connectivity index (χ1v) is 7.15. The third-order valence-electron chi connectivity index (χ3n) is 2.82. The molecule has 2 rings (SSSR count). The molecule has 0 amide bonds. The third kappa shape index (κ3) is 3.03. The van der Waals surface area contributed by atoms with Crippen molar-refractivity contribution in [2.24, 2.45) is 0 Å². The van der Waals surface area contributed by atoms with Crippen LogP contribution in [0.3, 0.4) is 0 Å². The summed E-state index contributed by atoms with van der Waals surface area (Å²) in [6, 6.07) is 2.17. The molecule has 1 N–H and O–H groups in total. The van der Waals surface area contributed by atoms with Gasteiger partial charge in [0.1, 0.15) is 16.6 Å². The van der Waals surface area contributed by atoms with Gasteiger partial charge in [-0.3, -0.25) is 4.79 Å². The van der Waals surface area contributed by atoms with E-state index >= 15 is 0 Å². The summed E-state index contributed by atoms with van der Waals surface area (Å²) in [6.45, 7) is 5.00. The molecular formula is C14H13Cl2FN2O3. The van der Waals surface area contributed by atoms with Gasteiger partial charge in [0.05, 0.1) is 16.8 Å². The first kappa shape index (κ1) is 16.6. The van der Waals surface area contributed by atoms with E-state index in [4.69, 9.17) is 27.9 Å². The molecule has 0 radical (unpaired) electrons. The second kappa shape index (κ2) is 6.14. The highest BCUT2D eigenvalue weighted by atomic mass is 35.5. The Labute approximate surface area is 135 Å². The van der Waals surface area contributed by atoms with Gasteiger partial charge in [0, 0.05) is 11.8 Å². The van der Waals surface area contributed by atoms with Crippen LogP contribution in [0.2, 0.25) is 10.0 Å². The van der Waals surface area contributed by atoms with E-state index in [0.29, 0.717) is 4.57 Å². The predicted octanol–water partition coefficient (Wildman–Crippen LogP) is 3.07. The van der Waals surface area contributed by atoms with Crippen molar-refractivity contribution in [1.82, 2.24) is 9.55 Å². The number of halogens is 3. The molecule has 0 unspecified atom stereocenters. The lowest BCUT2D eigenvalue weighted by molar-refractivity contribution is 0.242. The molecule has 0 aliphatic heterocycles. The highest BCUT2D eigenvalue weighted by molar-refractivity contribution is 6.32. The van der Waals surface area contributed by atoms with E-state index in [1.54, 1.807) is 13.8 Å². The van der Waals surface area contributed by atoms with Gasteiger partial charge in [0.15, 0.2) is 0 Å². The van der Waals surface area contributed by atoms with E-state index in [-0.39, 0.29) is 33.3 Å². The van der Waals surface area contributed by atoms with Gasteiger partial charge in [0.25, 0.3) is 5.56 Å². The normalized spacial score (nSPS) is 11.0. The molecule has 0 saturated heterocycles. The molecule has 1 aromatic carbocycles. The van der Waals surface area contributed by atoms with Crippen LogP contribution in [0.4, 0.5) is 4.39 Å². The van der Waals surface area contributed by atoms with Crippen LogP contribution >= 0.6 is 23.2 Å². The number of rotatable bonds is 3. The Hall–Kier alpha value is -1.79. The van der Waals surface area contributed by atoms with Crippen molar-refractivity contribution in [3.05, 3.63) is 54.5 Å². The second-order valence-electron chi connectivity index (χ2n) is 4.91. The summed E-state index contributed by atoms with van der Waals surface area (Å²) in [4.78, 5) is 26.5. The van der Waals surface area contributed by atoms with Gasteiger partial charge in [-0.1, -0.05) is 23.2 Å². The lowest BCUT2D eigenvalue weighted by Gasteiger charge is -2.14. The number of nitrogens with one attached hydrogen (secondary N) is 1. The summed E-state index contributed by atoms with van der Waals surface area (Å²) in [6.07, 6.45) is -0.215. The molecule has 0 atom stereocenters. The zero-order valence-corrected chi connectivity index (χ0v) is 13.5. The monoisotopic (exact) mass is 346 g/mol. The van der Waals surface area contributed by atoms with E-state index in [9.17, 15) is 14.0 Å². The van der Waals surface area contributed by atoms with Gasteiger partial charge >= 0.3 is 5.69 Å². The predicted molar refractivity (Wildman–Crippen MR) is 83.1 cm³/mol. The zero-order valence-electron chi connectivity index (χ0n) is 12.0. The Balaban J connectivity index is 2.76. The number of benzene rings is 1. The van der Waals surface area contributed by atoms with E-state index in [1.165, 1.54) is 13.0 Å². The van der Waals surface area contributed by atoms with Crippen molar-refractivity contribution in [3.63, 3.8) is 0 Å². The minimum atomic E-state index is -0.839. The largest absolute Gasteiger partial charge is 0.489 e. The van der Waals surface area contributed by atoms with Crippen molar-refractivity contribution in [1.29, 1.82) is 0 Å². The van der Waals surface area contributed by atoms with Crippen LogP contribution in [0.25, 0.3) is 5.69 Å². The van der Waals surface area contributed by atoms with Gasteiger partial charge in [-0.25, -0.2) is 13.8 Å². The first-order valence-electron chi connectivity index (χ1n) is 6.40. The highest BCUT2D eigenvalue weighted by Crippen LogP contribution is 2.29. The molecule has 0 saturated carbocycles. The van der Waals surface area contributed by atoms with Crippen molar-refractivity contribution in [2.75, 3.05) is 0 Å². The average molecular weight is 347 g/mol. The van der Waals surface area contributed by atoms with Crippen molar-refractivity contribution in [2.45, 2.75) is 26.9 Å². The van der Waals surface area contributed by atoms with Gasteiger partial charge in [0.2, 0.25) is 0 Å². The van der Waals surface area contributed by atoms with Crippen LogP contribution in [0.5, 0.6) is 5.75 Å². The van der Waals surface area contributed by atoms with E-state index in [0.717, 1.165) is 6.07 Å². The highest BCUT2D eigenvalue weighted by Gasteiger charge is 2.18. The molecule has 0 bridgehead atoms. The number of nitrogens with zero attached hydrogens (tertiary/aromatic N) is 1. The van der Waals surface area contributed by atoms with Crippen LogP contribution in [0, 0.1) is 12.7 Å². The Morgan fingerprint density at radius 1 is 1.27 bits per heavy atom. The average Bonchev–Trinajstić information content (AvgIpc) is 2.40. The molecule has 1 heterocycles. The molecule has 1 aromatic heterocycles. The summed E-state index contributed by atoms with van der Waals surface area (Å²) < 4.78 is 20.2. The molecule has 0 spiro atoms. The molecule has 0 aliphatic carbocycles. The Kier molecular flexibility index (Phi) is 4.63. The number of aryl methyl sites for hydroxylation is 1. The molecule has 118 valence electrons. The Morgan fingerprint density at radius 2 is 1.91 bits per heavy atom. The van der Waals surface area contributed by atoms with Gasteiger partial charge in [-0.2, -0.15) is 0 Å². The summed E-state index contributed by atoms with van der Waals surface area (Å²) in [5.41, 5.74) is -1.70. The van der Waals surface area contributed by atoms with Crippen molar-refractivity contribution in [3.8, 4) is 11.4 Å². The second-order valence-corrected chi connectivity index (χ2v) is 5.70. The lowest BCUT2D eigenvalue weighted by Crippen LogP contribution is -2.35. The lowest BCUT2D eigenvalue weighted by atomic mass is 10.2. The fourth-order valence-corrected chi connectivity index (χ4v) is 2.20. The molecule has 5 nitrogen and oxygen atoms in total.